The maximum Gasteiger partial charge on any atom is 0.0288 e. The maximum atomic E-state index is 5.29. The maximum absolute atomic E-state index is 5.29. The molecule has 0 amide bonds. The van der Waals surface area contributed by atoms with E-state index >= 15 is 0 Å². The molecular weight excluding hydrogens is 783 g/mol. The van der Waals surface area contributed by atoms with E-state index in [1.54, 1.807) is 11.1 Å². The summed E-state index contributed by atoms with van der Waals surface area (Å²) >= 11 is 0. The summed E-state index contributed by atoms with van der Waals surface area (Å²) in [5.74, 6) is 6.53. The second-order valence-corrected chi connectivity index (χ2v) is 27.5. The van der Waals surface area contributed by atoms with Crippen LogP contribution in [-0.4, -0.2) is 6.04 Å². The Morgan fingerprint density at radius 2 is 1.34 bits per heavy atom. The van der Waals surface area contributed by atoms with Crippen molar-refractivity contribution in [1.29, 1.82) is 0 Å². The Balaban J connectivity index is 1.52. The molecule has 4 saturated carbocycles. The Hall–Kier alpha value is -1.24. The molecule has 0 aliphatic heterocycles. The lowest BCUT2D eigenvalue weighted by atomic mass is 9.37. The molecule has 0 radical (unpaired) electrons. The number of hydrogen-bond acceptors (Lipinski definition) is 1. The molecule has 0 spiro atoms. The van der Waals surface area contributed by atoms with Gasteiger partial charge in [0.1, 0.15) is 0 Å². The van der Waals surface area contributed by atoms with E-state index in [1.165, 1.54) is 153 Å². The highest BCUT2D eigenvalue weighted by atomic mass is 14.9. The van der Waals surface area contributed by atoms with Gasteiger partial charge in [-0.2, -0.15) is 0 Å². The van der Waals surface area contributed by atoms with Crippen molar-refractivity contribution in [2.24, 2.45) is 85.8 Å². The van der Waals surface area contributed by atoms with E-state index < -0.39 is 0 Å². The molecule has 65 heavy (non-hydrogen) atoms. The fraction of sp³-hybridized carbons (Fsp3) is 0.875. The molecule has 1 nitrogen and oxygen atoms in total. The van der Waals surface area contributed by atoms with E-state index in [-0.39, 0.29) is 27.1 Å². The summed E-state index contributed by atoms with van der Waals surface area (Å²) in [5, 5.41) is 4.20. The molecule has 1 heteroatoms. The number of unbranched alkanes of at least 4 members (excludes halogenated alkanes) is 8. The van der Waals surface area contributed by atoms with Gasteiger partial charge in [0.15, 0.2) is 0 Å². The third-order valence-electron chi connectivity index (χ3n) is 22.2. The van der Waals surface area contributed by atoms with Crippen LogP contribution in [0.3, 0.4) is 0 Å². The van der Waals surface area contributed by atoms with Gasteiger partial charge in [-0.3, -0.25) is 0 Å². The van der Waals surface area contributed by atoms with Crippen molar-refractivity contribution in [2.75, 3.05) is 0 Å². The molecule has 1 N–H and O–H groups in total. The Bertz CT molecular complexity index is 1540. The Labute approximate surface area is 408 Å². The molecule has 4 fully saturated rings. The minimum absolute atomic E-state index is 0.113. The Morgan fingerprint density at radius 3 is 1.91 bits per heavy atom. The standard InChI is InChI=1S/C64H115N/c1-21-23-24-25-26-27-28-29-30-31-50(9)65-57(41-46(5)40-54-42-47(6)51(10)48(7)43-54)55(22-2)33-32-49(8)64-38-36-59(13,14)44-56(64)52(11)62(19,37-39-64)63(20)35-34-58(60(15,16)45(3)4)61(17,18)53(63)12/h46-48,51,53-58,65H,3,8-9,11,21-44H2,1-2,4-7,10,12-20H3. The van der Waals surface area contributed by atoms with Crippen molar-refractivity contribution in [3.05, 3.63) is 48.7 Å². The lowest BCUT2D eigenvalue weighted by Gasteiger charge is -2.67. The minimum Gasteiger partial charge on any atom is -0.386 e. The van der Waals surface area contributed by atoms with Gasteiger partial charge in [0.05, 0.1) is 0 Å². The lowest BCUT2D eigenvalue weighted by Crippen LogP contribution is -2.59. The van der Waals surface area contributed by atoms with Gasteiger partial charge in [-0.1, -0.05) is 205 Å². The first-order valence-corrected chi connectivity index (χ1v) is 28.7. The fourth-order valence-electron chi connectivity index (χ4n) is 16.2. The van der Waals surface area contributed by atoms with E-state index in [2.05, 4.69) is 123 Å². The summed E-state index contributed by atoms with van der Waals surface area (Å²) in [7, 11) is 0. The summed E-state index contributed by atoms with van der Waals surface area (Å²) in [4.78, 5) is 0. The second kappa shape index (κ2) is 23.1. The normalized spacial score (nSPS) is 35.1. The predicted octanol–water partition coefficient (Wildman–Crippen LogP) is 20.3. The zero-order chi connectivity index (χ0) is 48.8. The van der Waals surface area contributed by atoms with Crippen LogP contribution in [0.25, 0.3) is 0 Å². The average Bonchev–Trinajstić information content (AvgIpc) is 3.22. The predicted molar refractivity (Wildman–Crippen MR) is 291 cm³/mol. The molecule has 0 heterocycles. The zero-order valence-corrected chi connectivity index (χ0v) is 47.1. The molecule has 0 aromatic carbocycles. The first-order chi connectivity index (χ1) is 30.2. The van der Waals surface area contributed by atoms with Crippen LogP contribution in [0.5, 0.6) is 0 Å². The number of allylic oxidation sites excluding steroid dienone is 4. The molecule has 0 saturated heterocycles. The minimum atomic E-state index is 0.113. The van der Waals surface area contributed by atoms with Gasteiger partial charge in [0, 0.05) is 11.7 Å². The van der Waals surface area contributed by atoms with Crippen molar-refractivity contribution >= 4 is 0 Å². The van der Waals surface area contributed by atoms with Crippen molar-refractivity contribution in [3.8, 4) is 0 Å². The van der Waals surface area contributed by atoms with Crippen LogP contribution in [0.4, 0.5) is 0 Å². The lowest BCUT2D eigenvalue weighted by molar-refractivity contribution is -0.138. The van der Waals surface area contributed by atoms with E-state index in [1.807, 2.05) is 0 Å². The number of rotatable bonds is 25. The molecule has 0 aromatic heterocycles. The molecular formula is C64H115N. The first kappa shape index (κ1) is 56.3. The third kappa shape index (κ3) is 12.8. The SMILES string of the molecule is C=C(CCCCCCCCCCC)NC(CC(C)CC1CC(C)C(C)C(C)C1)C(CC)CCC(=C)C12CCC(C)(C)CC1C(=C)C(C)(C1(C)CCC(C(C)(C)C(=C)C)C(C)(C)C1C)CC2. The van der Waals surface area contributed by atoms with Crippen LogP contribution in [0.1, 0.15) is 265 Å². The molecule has 0 bridgehead atoms. The number of fused-ring (bicyclic) bond motifs is 1. The zero-order valence-electron chi connectivity index (χ0n) is 47.1. The highest BCUT2D eigenvalue weighted by Gasteiger charge is 2.64. The monoisotopic (exact) mass is 898 g/mol. The Morgan fingerprint density at radius 1 is 0.769 bits per heavy atom. The summed E-state index contributed by atoms with van der Waals surface area (Å²) in [6.45, 7) is 60.2. The summed E-state index contributed by atoms with van der Waals surface area (Å²) < 4.78 is 0. The quantitative estimate of drug-likeness (QED) is 0.0711. The summed E-state index contributed by atoms with van der Waals surface area (Å²) in [6, 6.07) is 0.490. The van der Waals surface area contributed by atoms with Crippen molar-refractivity contribution in [3.63, 3.8) is 0 Å². The second-order valence-electron chi connectivity index (χ2n) is 27.5. The molecule has 11 atom stereocenters. The highest BCUT2D eigenvalue weighted by molar-refractivity contribution is 5.33. The average molecular weight is 899 g/mol. The van der Waals surface area contributed by atoms with Crippen LogP contribution in [0.2, 0.25) is 0 Å². The van der Waals surface area contributed by atoms with Crippen molar-refractivity contribution in [2.45, 2.75) is 271 Å². The first-order valence-electron chi connectivity index (χ1n) is 28.7. The molecule has 0 aromatic rings. The smallest absolute Gasteiger partial charge is 0.0288 e. The number of nitrogens with one attached hydrogen (secondary N) is 1. The summed E-state index contributed by atoms with van der Waals surface area (Å²) in [5.41, 5.74) is 6.99. The van der Waals surface area contributed by atoms with E-state index in [0.717, 1.165) is 42.4 Å². The van der Waals surface area contributed by atoms with Gasteiger partial charge in [-0.05, 0) is 189 Å². The van der Waals surface area contributed by atoms with E-state index in [0.29, 0.717) is 35.1 Å². The van der Waals surface area contributed by atoms with Gasteiger partial charge < -0.3 is 5.32 Å². The summed E-state index contributed by atoms with van der Waals surface area (Å²) in [6.07, 6.45) is 31.6. The Kier molecular flexibility index (Phi) is 20.0. The third-order valence-corrected chi connectivity index (χ3v) is 22.2. The van der Waals surface area contributed by atoms with Crippen LogP contribution in [0, 0.1) is 85.8 Å². The van der Waals surface area contributed by atoms with Gasteiger partial charge >= 0.3 is 0 Å². The number of hydrogen-bond donors (Lipinski definition) is 1. The van der Waals surface area contributed by atoms with E-state index in [9.17, 15) is 0 Å². The van der Waals surface area contributed by atoms with Gasteiger partial charge in [0.25, 0.3) is 0 Å². The van der Waals surface area contributed by atoms with Crippen molar-refractivity contribution < 1.29 is 0 Å². The van der Waals surface area contributed by atoms with E-state index in [4.69, 9.17) is 19.7 Å². The van der Waals surface area contributed by atoms with Gasteiger partial charge in [-0.15, -0.1) is 0 Å². The molecule has 376 valence electrons. The van der Waals surface area contributed by atoms with Crippen LogP contribution in [-0.2, 0) is 0 Å². The molecule has 4 aliphatic rings. The van der Waals surface area contributed by atoms with Crippen LogP contribution in [0.15, 0.2) is 48.7 Å². The molecule has 4 aliphatic carbocycles. The van der Waals surface area contributed by atoms with Crippen LogP contribution >= 0.6 is 0 Å². The molecule has 4 rings (SSSR count). The largest absolute Gasteiger partial charge is 0.386 e. The fourth-order valence-corrected chi connectivity index (χ4v) is 16.2. The van der Waals surface area contributed by atoms with Crippen molar-refractivity contribution in [1.82, 2.24) is 5.32 Å². The van der Waals surface area contributed by atoms with Gasteiger partial charge in [-0.25, -0.2) is 0 Å². The topological polar surface area (TPSA) is 12.0 Å². The van der Waals surface area contributed by atoms with Crippen LogP contribution < -0.4 is 5.32 Å². The molecule has 11 unspecified atom stereocenters. The van der Waals surface area contributed by atoms with Gasteiger partial charge in [0.2, 0.25) is 0 Å². The highest BCUT2D eigenvalue weighted by Crippen LogP contribution is 2.73.